The van der Waals surface area contributed by atoms with Gasteiger partial charge >= 0.3 is 0 Å². The molecule has 1 amide bonds. The number of aliphatic hydroxyl groups is 1. The maximum absolute atomic E-state index is 12.1. The zero-order chi connectivity index (χ0) is 23.3. The summed E-state index contributed by atoms with van der Waals surface area (Å²) < 4.78 is 27.0. The number of carbonyl (C=O) groups excluding carboxylic acids is 1. The van der Waals surface area contributed by atoms with E-state index in [0.29, 0.717) is 17.2 Å². The van der Waals surface area contributed by atoms with Crippen LogP contribution in [0, 0.1) is 0 Å². The van der Waals surface area contributed by atoms with Gasteiger partial charge in [-0.3, -0.25) is 14.2 Å². The lowest BCUT2D eigenvalue weighted by Crippen LogP contribution is -2.28. The number of benzene rings is 1. The molecule has 170 valence electrons. The number of anilines is 5. The number of nitrogens with zero attached hydrogens (tertiary/aromatic N) is 4. The van der Waals surface area contributed by atoms with E-state index >= 15 is 0 Å². The van der Waals surface area contributed by atoms with Crippen LogP contribution in [0.4, 0.5) is 29.0 Å². The van der Waals surface area contributed by atoms with E-state index in [1.165, 1.54) is 16.9 Å². The van der Waals surface area contributed by atoms with Gasteiger partial charge < -0.3 is 21.1 Å². The molecule has 0 aliphatic rings. The molecule has 3 aromatic rings. The third-order valence-electron chi connectivity index (χ3n) is 3.97. The second kappa shape index (κ2) is 9.80. The van der Waals surface area contributed by atoms with E-state index < -0.39 is 15.9 Å². The van der Waals surface area contributed by atoms with E-state index in [9.17, 15) is 13.2 Å². The van der Waals surface area contributed by atoms with Crippen molar-refractivity contribution in [3.8, 4) is 0 Å². The third-order valence-corrected chi connectivity index (χ3v) is 4.84. The predicted octanol–water partition coefficient (Wildman–Crippen LogP) is 1.44. The summed E-state index contributed by atoms with van der Waals surface area (Å²) in [7, 11) is -1.89. The SMILES string of the molecule is Cn1nc(Nc2ncc(Cl)c(Nc3ccccc3NS(C)(=O)=O)n2)cc1C(=O)NCCO. The van der Waals surface area contributed by atoms with Crippen LogP contribution in [0.3, 0.4) is 0 Å². The molecule has 0 aliphatic carbocycles. The molecular formula is C18H21ClN8O4S. The molecule has 2 heterocycles. The zero-order valence-electron chi connectivity index (χ0n) is 17.1. The lowest BCUT2D eigenvalue weighted by Gasteiger charge is -2.13. The van der Waals surface area contributed by atoms with Gasteiger partial charge in [0.05, 0.1) is 30.4 Å². The van der Waals surface area contributed by atoms with Crippen LogP contribution >= 0.6 is 11.6 Å². The molecule has 0 saturated heterocycles. The second-order valence-electron chi connectivity index (χ2n) is 6.58. The number of aryl methyl sites for hydroxylation is 1. The van der Waals surface area contributed by atoms with Crippen LogP contribution in [0.25, 0.3) is 0 Å². The Kier molecular flexibility index (Phi) is 7.12. The van der Waals surface area contributed by atoms with Crippen LogP contribution < -0.4 is 20.7 Å². The Morgan fingerprint density at radius 1 is 1.22 bits per heavy atom. The quantitative estimate of drug-likeness (QED) is 0.305. The van der Waals surface area contributed by atoms with Crippen molar-refractivity contribution in [3.05, 3.63) is 47.2 Å². The van der Waals surface area contributed by atoms with Crippen molar-refractivity contribution in [1.29, 1.82) is 0 Å². The number of aliphatic hydroxyl groups excluding tert-OH is 1. The molecular weight excluding hydrogens is 460 g/mol. The van der Waals surface area contributed by atoms with Gasteiger partial charge in [0, 0.05) is 19.7 Å². The van der Waals surface area contributed by atoms with Gasteiger partial charge in [0.15, 0.2) is 11.6 Å². The molecule has 5 N–H and O–H groups in total. The maximum Gasteiger partial charge on any atom is 0.269 e. The fraction of sp³-hybridized carbons (Fsp3) is 0.222. The maximum atomic E-state index is 12.1. The van der Waals surface area contributed by atoms with Gasteiger partial charge in [-0.25, -0.2) is 13.4 Å². The summed E-state index contributed by atoms with van der Waals surface area (Å²) >= 11 is 6.21. The van der Waals surface area contributed by atoms with Gasteiger partial charge in [-0.15, -0.1) is 0 Å². The fourth-order valence-electron chi connectivity index (χ4n) is 2.64. The number of nitrogens with one attached hydrogen (secondary N) is 4. The van der Waals surface area contributed by atoms with Gasteiger partial charge in [-0.2, -0.15) is 10.1 Å². The zero-order valence-corrected chi connectivity index (χ0v) is 18.7. The lowest BCUT2D eigenvalue weighted by atomic mass is 10.2. The molecule has 0 saturated carbocycles. The number of hydrogen-bond donors (Lipinski definition) is 5. The van der Waals surface area contributed by atoms with Gasteiger partial charge in [0.25, 0.3) is 5.91 Å². The average Bonchev–Trinajstić information content (AvgIpc) is 3.09. The van der Waals surface area contributed by atoms with Crippen molar-refractivity contribution in [2.75, 3.05) is 34.8 Å². The number of halogens is 1. The highest BCUT2D eigenvalue weighted by Crippen LogP contribution is 2.29. The molecule has 0 spiro atoms. The van der Waals surface area contributed by atoms with Crippen molar-refractivity contribution in [1.82, 2.24) is 25.1 Å². The molecule has 0 bridgehead atoms. The smallest absolute Gasteiger partial charge is 0.269 e. The topological polar surface area (TPSA) is 163 Å². The number of para-hydroxylation sites is 2. The third kappa shape index (κ3) is 6.06. The molecule has 14 heteroatoms. The number of carbonyl (C=O) groups is 1. The standard InChI is InChI=1S/C18H21ClN8O4S/c1-27-14(17(29)20-7-8-28)9-15(25-27)23-18-21-10-11(19)16(24-18)22-12-5-3-4-6-13(12)26-32(2,30)31/h3-6,9-10,26,28H,7-8H2,1-2H3,(H,20,29)(H2,21,22,23,24,25). The number of sulfonamides is 1. The monoisotopic (exact) mass is 480 g/mol. The van der Waals surface area contributed by atoms with Crippen molar-refractivity contribution in [2.24, 2.45) is 7.05 Å². The van der Waals surface area contributed by atoms with Crippen LogP contribution in [0.2, 0.25) is 5.02 Å². The first-order chi connectivity index (χ1) is 15.2. The Bertz CT molecular complexity index is 1230. The van der Waals surface area contributed by atoms with Crippen molar-refractivity contribution < 1.29 is 18.3 Å². The van der Waals surface area contributed by atoms with Gasteiger partial charge in [0.1, 0.15) is 10.7 Å². The second-order valence-corrected chi connectivity index (χ2v) is 8.73. The Hall–Kier alpha value is -3.42. The molecule has 2 aromatic heterocycles. The Morgan fingerprint density at radius 3 is 2.62 bits per heavy atom. The van der Waals surface area contributed by atoms with Gasteiger partial charge in [0.2, 0.25) is 16.0 Å². The average molecular weight is 481 g/mol. The van der Waals surface area contributed by atoms with Gasteiger partial charge in [-0.05, 0) is 12.1 Å². The summed E-state index contributed by atoms with van der Waals surface area (Å²) in [6.07, 6.45) is 2.41. The summed E-state index contributed by atoms with van der Waals surface area (Å²) in [6, 6.07) is 8.16. The van der Waals surface area contributed by atoms with E-state index in [0.717, 1.165) is 6.26 Å². The molecule has 3 rings (SSSR count). The molecule has 0 radical (unpaired) electrons. The molecule has 0 fully saturated rings. The lowest BCUT2D eigenvalue weighted by molar-refractivity contribution is 0.0935. The van der Waals surface area contributed by atoms with Gasteiger partial charge in [-0.1, -0.05) is 23.7 Å². The Balaban J connectivity index is 1.81. The highest BCUT2D eigenvalue weighted by Gasteiger charge is 2.15. The molecule has 32 heavy (non-hydrogen) atoms. The van der Waals surface area contributed by atoms with Crippen molar-refractivity contribution in [2.45, 2.75) is 0 Å². The number of rotatable bonds is 9. The molecule has 12 nitrogen and oxygen atoms in total. The van der Waals surface area contributed by atoms with E-state index in [2.05, 4.69) is 35.7 Å². The molecule has 0 unspecified atom stereocenters. The minimum atomic E-state index is -3.49. The van der Waals surface area contributed by atoms with E-state index in [1.54, 1.807) is 31.3 Å². The highest BCUT2D eigenvalue weighted by molar-refractivity contribution is 7.92. The fourth-order valence-corrected chi connectivity index (χ4v) is 3.35. The predicted molar refractivity (Wildman–Crippen MR) is 121 cm³/mol. The minimum absolute atomic E-state index is 0.123. The summed E-state index contributed by atoms with van der Waals surface area (Å²) in [5.74, 6) is 0.292. The van der Waals surface area contributed by atoms with Crippen LogP contribution in [0.1, 0.15) is 10.5 Å². The number of aromatic nitrogens is 4. The van der Waals surface area contributed by atoms with Crippen molar-refractivity contribution in [3.63, 3.8) is 0 Å². The van der Waals surface area contributed by atoms with Crippen LogP contribution in [0.15, 0.2) is 36.5 Å². The summed E-state index contributed by atoms with van der Waals surface area (Å²) in [4.78, 5) is 20.5. The summed E-state index contributed by atoms with van der Waals surface area (Å²) in [5, 5.41) is 21.7. The Morgan fingerprint density at radius 2 is 1.94 bits per heavy atom. The first kappa shape index (κ1) is 23.2. The first-order valence-electron chi connectivity index (χ1n) is 9.23. The first-order valence-corrected chi connectivity index (χ1v) is 11.5. The van der Waals surface area contributed by atoms with Crippen LogP contribution in [0.5, 0.6) is 0 Å². The number of hydrogen-bond acceptors (Lipinski definition) is 9. The Labute approximate surface area is 189 Å². The van der Waals surface area contributed by atoms with E-state index in [-0.39, 0.29) is 35.6 Å². The summed E-state index contributed by atoms with van der Waals surface area (Å²) in [5.41, 5.74) is 1.03. The van der Waals surface area contributed by atoms with E-state index in [1.807, 2.05) is 0 Å². The van der Waals surface area contributed by atoms with Crippen LogP contribution in [-0.4, -0.2) is 58.6 Å². The molecule has 0 atom stereocenters. The van der Waals surface area contributed by atoms with Crippen LogP contribution in [-0.2, 0) is 17.1 Å². The minimum Gasteiger partial charge on any atom is -0.395 e. The molecule has 0 aliphatic heterocycles. The number of amides is 1. The largest absolute Gasteiger partial charge is 0.395 e. The summed E-state index contributed by atoms with van der Waals surface area (Å²) in [6.45, 7) is -0.0519. The molecule has 1 aromatic carbocycles. The van der Waals surface area contributed by atoms with Crippen molar-refractivity contribution >= 4 is 56.5 Å². The highest BCUT2D eigenvalue weighted by atomic mass is 35.5. The van der Waals surface area contributed by atoms with E-state index in [4.69, 9.17) is 16.7 Å². The normalized spacial score (nSPS) is 11.1.